The van der Waals surface area contributed by atoms with E-state index in [0.717, 1.165) is 31.7 Å². The van der Waals surface area contributed by atoms with Crippen molar-refractivity contribution in [2.75, 3.05) is 26.2 Å². The van der Waals surface area contributed by atoms with E-state index in [1.165, 1.54) is 0 Å². The normalized spacial score (nSPS) is 27.2. The highest BCUT2D eigenvalue weighted by atomic mass is 16.2. The van der Waals surface area contributed by atoms with Gasteiger partial charge >= 0.3 is 0 Å². The van der Waals surface area contributed by atoms with E-state index in [4.69, 9.17) is 0 Å². The van der Waals surface area contributed by atoms with Gasteiger partial charge in [-0.05, 0) is 17.4 Å². The summed E-state index contributed by atoms with van der Waals surface area (Å²) in [4.78, 5) is 14.2. The molecule has 3 rings (SSSR count). The molecular formula is C14H18N2O. The number of nitrogens with one attached hydrogen (secondary N) is 1. The minimum absolute atomic E-state index is 0.283. The van der Waals surface area contributed by atoms with Crippen molar-refractivity contribution in [2.24, 2.45) is 11.8 Å². The molecule has 1 aromatic carbocycles. The standard InChI is InChI=1S/C14H18N2O/c17-14(6-11-4-2-1-3-5-11)16-9-12-7-15-8-13(12)10-16/h1-5,12-13,15H,6-10H2/t12-,13+. The maximum absolute atomic E-state index is 12.2. The SMILES string of the molecule is O=C(Cc1ccccc1)N1C[C@H]2CNC[C@H]2C1. The molecule has 90 valence electrons. The van der Waals surface area contributed by atoms with Crippen molar-refractivity contribution in [3.8, 4) is 0 Å². The van der Waals surface area contributed by atoms with E-state index in [9.17, 15) is 4.79 Å². The van der Waals surface area contributed by atoms with Gasteiger partial charge in [0.1, 0.15) is 0 Å². The molecule has 2 heterocycles. The molecule has 1 amide bonds. The Kier molecular flexibility index (Phi) is 2.85. The number of fused-ring (bicyclic) bond motifs is 1. The summed E-state index contributed by atoms with van der Waals surface area (Å²) in [6, 6.07) is 10.0. The van der Waals surface area contributed by atoms with Gasteiger partial charge in [0, 0.05) is 26.2 Å². The van der Waals surface area contributed by atoms with Crippen LogP contribution in [-0.2, 0) is 11.2 Å². The molecule has 0 aliphatic carbocycles. The average Bonchev–Trinajstić information content (AvgIpc) is 2.90. The van der Waals surface area contributed by atoms with E-state index < -0.39 is 0 Å². The van der Waals surface area contributed by atoms with Gasteiger partial charge in [0.2, 0.25) is 5.91 Å². The number of rotatable bonds is 2. The van der Waals surface area contributed by atoms with Gasteiger partial charge < -0.3 is 10.2 Å². The molecule has 0 unspecified atom stereocenters. The molecule has 2 aliphatic rings. The zero-order valence-electron chi connectivity index (χ0n) is 9.93. The topological polar surface area (TPSA) is 32.3 Å². The summed E-state index contributed by atoms with van der Waals surface area (Å²) in [5, 5.41) is 3.40. The number of hydrogen-bond acceptors (Lipinski definition) is 2. The number of amides is 1. The molecule has 1 aromatic rings. The van der Waals surface area contributed by atoms with Crippen LogP contribution in [0.4, 0.5) is 0 Å². The monoisotopic (exact) mass is 230 g/mol. The molecule has 3 heteroatoms. The summed E-state index contributed by atoms with van der Waals surface area (Å²) in [7, 11) is 0. The summed E-state index contributed by atoms with van der Waals surface area (Å²) in [5.74, 6) is 1.66. The lowest BCUT2D eigenvalue weighted by molar-refractivity contribution is -0.129. The van der Waals surface area contributed by atoms with Crippen LogP contribution in [0.25, 0.3) is 0 Å². The van der Waals surface area contributed by atoms with Crippen LogP contribution >= 0.6 is 0 Å². The number of carbonyl (C=O) groups excluding carboxylic acids is 1. The summed E-state index contributed by atoms with van der Waals surface area (Å²) in [5.41, 5.74) is 1.12. The molecular weight excluding hydrogens is 212 g/mol. The van der Waals surface area contributed by atoms with Crippen molar-refractivity contribution in [3.63, 3.8) is 0 Å². The molecule has 3 nitrogen and oxygen atoms in total. The first-order valence-electron chi connectivity index (χ1n) is 6.35. The lowest BCUT2D eigenvalue weighted by Crippen LogP contribution is -2.32. The number of carbonyl (C=O) groups is 1. The summed E-state index contributed by atoms with van der Waals surface area (Å²) in [6.45, 7) is 4.06. The quantitative estimate of drug-likeness (QED) is 0.819. The second-order valence-corrected chi connectivity index (χ2v) is 5.14. The van der Waals surface area contributed by atoms with Crippen LogP contribution < -0.4 is 5.32 Å². The Morgan fingerprint density at radius 1 is 1.18 bits per heavy atom. The largest absolute Gasteiger partial charge is 0.342 e. The molecule has 0 spiro atoms. The minimum atomic E-state index is 0.283. The Labute approximate surface area is 102 Å². The third-order valence-electron chi connectivity index (χ3n) is 3.94. The molecule has 0 radical (unpaired) electrons. The van der Waals surface area contributed by atoms with Gasteiger partial charge in [-0.2, -0.15) is 0 Å². The van der Waals surface area contributed by atoms with Gasteiger partial charge in [-0.15, -0.1) is 0 Å². The first-order chi connectivity index (χ1) is 8.33. The van der Waals surface area contributed by atoms with Crippen LogP contribution in [0.15, 0.2) is 30.3 Å². The van der Waals surface area contributed by atoms with Crippen molar-refractivity contribution in [3.05, 3.63) is 35.9 Å². The zero-order chi connectivity index (χ0) is 11.7. The fourth-order valence-electron chi connectivity index (χ4n) is 2.94. The highest BCUT2D eigenvalue weighted by Crippen LogP contribution is 2.26. The van der Waals surface area contributed by atoms with E-state index in [0.29, 0.717) is 18.3 Å². The van der Waals surface area contributed by atoms with Crippen molar-refractivity contribution < 1.29 is 4.79 Å². The minimum Gasteiger partial charge on any atom is -0.342 e. The van der Waals surface area contributed by atoms with Gasteiger partial charge in [0.15, 0.2) is 0 Å². The van der Waals surface area contributed by atoms with E-state index in [1.54, 1.807) is 0 Å². The number of hydrogen-bond donors (Lipinski definition) is 1. The summed E-state index contributed by atoms with van der Waals surface area (Å²) >= 11 is 0. The average molecular weight is 230 g/mol. The molecule has 2 saturated heterocycles. The molecule has 0 aromatic heterocycles. The van der Waals surface area contributed by atoms with Crippen LogP contribution in [0.2, 0.25) is 0 Å². The Bertz CT molecular complexity index is 392. The van der Waals surface area contributed by atoms with Crippen molar-refractivity contribution in [2.45, 2.75) is 6.42 Å². The first kappa shape index (κ1) is 10.8. The number of benzene rings is 1. The van der Waals surface area contributed by atoms with Gasteiger partial charge in [-0.25, -0.2) is 0 Å². The molecule has 0 saturated carbocycles. The Hall–Kier alpha value is -1.35. The maximum atomic E-state index is 12.2. The van der Waals surface area contributed by atoms with Crippen molar-refractivity contribution in [1.82, 2.24) is 10.2 Å². The van der Waals surface area contributed by atoms with E-state index in [2.05, 4.69) is 5.32 Å². The second kappa shape index (κ2) is 4.49. The molecule has 2 fully saturated rings. The van der Waals surface area contributed by atoms with Crippen LogP contribution in [-0.4, -0.2) is 37.0 Å². The van der Waals surface area contributed by atoms with Gasteiger partial charge in [-0.1, -0.05) is 30.3 Å². The smallest absolute Gasteiger partial charge is 0.227 e. The Morgan fingerprint density at radius 2 is 1.82 bits per heavy atom. The summed E-state index contributed by atoms with van der Waals surface area (Å²) in [6.07, 6.45) is 0.549. The third-order valence-corrected chi connectivity index (χ3v) is 3.94. The molecule has 17 heavy (non-hydrogen) atoms. The fourth-order valence-corrected chi connectivity index (χ4v) is 2.94. The predicted octanol–water partition coefficient (Wildman–Crippen LogP) is 0.907. The Balaban J connectivity index is 1.61. The van der Waals surface area contributed by atoms with Crippen LogP contribution in [0.1, 0.15) is 5.56 Å². The van der Waals surface area contributed by atoms with Crippen LogP contribution in [0, 0.1) is 11.8 Å². The zero-order valence-corrected chi connectivity index (χ0v) is 9.93. The second-order valence-electron chi connectivity index (χ2n) is 5.14. The van der Waals surface area contributed by atoms with Crippen LogP contribution in [0.5, 0.6) is 0 Å². The predicted molar refractivity (Wildman–Crippen MR) is 66.6 cm³/mol. The summed E-state index contributed by atoms with van der Waals surface area (Å²) < 4.78 is 0. The Morgan fingerprint density at radius 3 is 2.47 bits per heavy atom. The first-order valence-corrected chi connectivity index (χ1v) is 6.35. The highest BCUT2D eigenvalue weighted by Gasteiger charge is 2.37. The van der Waals surface area contributed by atoms with Crippen LogP contribution in [0.3, 0.4) is 0 Å². The molecule has 2 aliphatic heterocycles. The number of likely N-dealkylation sites (tertiary alicyclic amines) is 1. The highest BCUT2D eigenvalue weighted by molar-refractivity contribution is 5.79. The van der Waals surface area contributed by atoms with Gasteiger partial charge in [0.05, 0.1) is 6.42 Å². The van der Waals surface area contributed by atoms with Crippen molar-refractivity contribution in [1.29, 1.82) is 0 Å². The fraction of sp³-hybridized carbons (Fsp3) is 0.500. The third kappa shape index (κ3) is 2.20. The lowest BCUT2D eigenvalue weighted by Gasteiger charge is -2.17. The molecule has 2 atom stereocenters. The maximum Gasteiger partial charge on any atom is 0.227 e. The van der Waals surface area contributed by atoms with E-state index >= 15 is 0 Å². The molecule has 1 N–H and O–H groups in total. The van der Waals surface area contributed by atoms with Crippen molar-refractivity contribution >= 4 is 5.91 Å². The van der Waals surface area contributed by atoms with E-state index in [-0.39, 0.29) is 5.91 Å². The van der Waals surface area contributed by atoms with Gasteiger partial charge in [0.25, 0.3) is 0 Å². The van der Waals surface area contributed by atoms with Gasteiger partial charge in [-0.3, -0.25) is 4.79 Å². The number of nitrogens with zero attached hydrogens (tertiary/aromatic N) is 1. The van der Waals surface area contributed by atoms with E-state index in [1.807, 2.05) is 35.2 Å². The molecule has 0 bridgehead atoms. The lowest BCUT2D eigenvalue weighted by atomic mass is 10.0.